The smallest absolute Gasteiger partial charge is 0.0230 e. The van der Waals surface area contributed by atoms with Crippen molar-refractivity contribution in [3.05, 3.63) is 23.8 Å². The van der Waals surface area contributed by atoms with Crippen molar-refractivity contribution in [3.8, 4) is 0 Å². The average molecular weight is 135 g/mol. The van der Waals surface area contributed by atoms with Gasteiger partial charge in [0.25, 0.3) is 0 Å². The molecule has 1 nitrogen and oxygen atoms in total. The van der Waals surface area contributed by atoms with Gasteiger partial charge in [0, 0.05) is 6.04 Å². The molecule has 0 aliphatic heterocycles. The van der Waals surface area contributed by atoms with Crippen LogP contribution in [0.4, 0.5) is 0 Å². The molecule has 1 saturated carbocycles. The zero-order chi connectivity index (χ0) is 7.14. The first kappa shape index (κ1) is 6.17. The Morgan fingerprint density at radius 3 is 3.10 bits per heavy atom. The maximum atomic E-state index is 5.78. The monoisotopic (exact) mass is 135 g/mol. The molecule has 2 aliphatic carbocycles. The van der Waals surface area contributed by atoms with Gasteiger partial charge >= 0.3 is 0 Å². The summed E-state index contributed by atoms with van der Waals surface area (Å²) in [5, 5.41) is 0. The number of hydrogen-bond acceptors (Lipinski definition) is 1. The summed E-state index contributed by atoms with van der Waals surface area (Å²) in [5.41, 5.74) is 7.23. The second-order valence-corrected chi connectivity index (χ2v) is 3.35. The van der Waals surface area contributed by atoms with Crippen molar-refractivity contribution in [3.63, 3.8) is 0 Å². The van der Waals surface area contributed by atoms with Crippen LogP contribution in [0, 0.1) is 11.8 Å². The summed E-state index contributed by atoms with van der Waals surface area (Å²) in [4.78, 5) is 0. The van der Waals surface area contributed by atoms with E-state index in [0.29, 0.717) is 0 Å². The summed E-state index contributed by atoms with van der Waals surface area (Å²) in [6.45, 7) is 2.07. The highest BCUT2D eigenvalue weighted by Gasteiger charge is 2.39. The van der Waals surface area contributed by atoms with Crippen LogP contribution in [0.1, 0.15) is 13.3 Å². The molecule has 2 aliphatic rings. The van der Waals surface area contributed by atoms with Crippen molar-refractivity contribution in [2.24, 2.45) is 17.6 Å². The first-order valence-electron chi connectivity index (χ1n) is 3.93. The molecule has 0 amide bonds. The molecule has 10 heavy (non-hydrogen) atoms. The highest BCUT2D eigenvalue weighted by atomic mass is 14.6. The molecule has 3 atom stereocenters. The number of rotatable bonds is 1. The SMILES string of the molecule is C[C@@H](N)C1=CC=CC2CC12. The van der Waals surface area contributed by atoms with Crippen LogP contribution in [0.2, 0.25) is 0 Å². The van der Waals surface area contributed by atoms with Crippen LogP contribution in [-0.2, 0) is 0 Å². The lowest BCUT2D eigenvalue weighted by Crippen LogP contribution is -2.20. The van der Waals surface area contributed by atoms with Gasteiger partial charge < -0.3 is 5.73 Å². The largest absolute Gasteiger partial charge is 0.324 e. The van der Waals surface area contributed by atoms with Gasteiger partial charge in [0.1, 0.15) is 0 Å². The Kier molecular flexibility index (Phi) is 1.21. The predicted octanol–water partition coefficient (Wildman–Crippen LogP) is 1.47. The summed E-state index contributed by atoms with van der Waals surface area (Å²) in [6.07, 6.45) is 7.95. The van der Waals surface area contributed by atoms with Gasteiger partial charge in [0.15, 0.2) is 0 Å². The molecule has 1 heteroatoms. The van der Waals surface area contributed by atoms with E-state index < -0.39 is 0 Å². The van der Waals surface area contributed by atoms with Gasteiger partial charge in [-0.1, -0.05) is 23.8 Å². The molecule has 0 heterocycles. The number of allylic oxidation sites excluding steroid dienone is 3. The van der Waals surface area contributed by atoms with Crippen LogP contribution >= 0.6 is 0 Å². The molecule has 1 fully saturated rings. The van der Waals surface area contributed by atoms with Gasteiger partial charge in [0.05, 0.1) is 0 Å². The van der Waals surface area contributed by atoms with E-state index in [4.69, 9.17) is 5.73 Å². The van der Waals surface area contributed by atoms with Gasteiger partial charge in [-0.2, -0.15) is 0 Å². The van der Waals surface area contributed by atoms with E-state index in [1.807, 2.05) is 0 Å². The molecule has 0 radical (unpaired) electrons. The topological polar surface area (TPSA) is 26.0 Å². The number of hydrogen-bond donors (Lipinski definition) is 1. The Morgan fingerprint density at radius 1 is 1.70 bits per heavy atom. The zero-order valence-corrected chi connectivity index (χ0v) is 6.25. The molecular weight excluding hydrogens is 122 g/mol. The van der Waals surface area contributed by atoms with Crippen molar-refractivity contribution in [2.75, 3.05) is 0 Å². The standard InChI is InChI=1S/C9H13N/c1-6(10)8-4-2-3-7-5-9(7)8/h2-4,6-7,9H,5,10H2,1H3/t6-,7?,9?/m1/s1. The lowest BCUT2D eigenvalue weighted by atomic mass is 9.99. The predicted molar refractivity (Wildman–Crippen MR) is 42.5 cm³/mol. The Morgan fingerprint density at radius 2 is 2.50 bits per heavy atom. The third kappa shape index (κ3) is 0.816. The summed E-state index contributed by atoms with van der Waals surface area (Å²) in [5.74, 6) is 1.65. The van der Waals surface area contributed by atoms with E-state index in [0.717, 1.165) is 11.8 Å². The van der Waals surface area contributed by atoms with Crippen molar-refractivity contribution >= 4 is 0 Å². The fourth-order valence-electron chi connectivity index (χ4n) is 1.73. The first-order valence-corrected chi connectivity index (χ1v) is 3.93. The number of nitrogens with two attached hydrogens (primary N) is 1. The van der Waals surface area contributed by atoms with E-state index >= 15 is 0 Å². The van der Waals surface area contributed by atoms with Gasteiger partial charge in [-0.15, -0.1) is 0 Å². The summed E-state index contributed by atoms with van der Waals surface area (Å²) < 4.78 is 0. The van der Waals surface area contributed by atoms with E-state index in [9.17, 15) is 0 Å². The average Bonchev–Trinajstić information content (AvgIpc) is 2.63. The lowest BCUT2D eigenvalue weighted by Gasteiger charge is -2.11. The Balaban J connectivity index is 2.20. The van der Waals surface area contributed by atoms with Gasteiger partial charge in [-0.3, -0.25) is 0 Å². The minimum absolute atomic E-state index is 0.264. The summed E-state index contributed by atoms with van der Waals surface area (Å²) in [7, 11) is 0. The zero-order valence-electron chi connectivity index (χ0n) is 6.25. The molecular formula is C9H13N. The van der Waals surface area contributed by atoms with Crippen molar-refractivity contribution in [1.82, 2.24) is 0 Å². The normalized spacial score (nSPS) is 38.4. The Bertz CT molecular complexity index is 201. The van der Waals surface area contributed by atoms with Crippen LogP contribution < -0.4 is 5.73 Å². The molecule has 0 aromatic rings. The van der Waals surface area contributed by atoms with Crippen LogP contribution in [0.25, 0.3) is 0 Å². The maximum absolute atomic E-state index is 5.78. The van der Waals surface area contributed by atoms with Crippen LogP contribution in [0.15, 0.2) is 23.8 Å². The second-order valence-electron chi connectivity index (χ2n) is 3.35. The summed E-state index contributed by atoms with van der Waals surface area (Å²) in [6, 6.07) is 0.264. The highest BCUT2D eigenvalue weighted by Crippen LogP contribution is 2.47. The summed E-state index contributed by atoms with van der Waals surface area (Å²) >= 11 is 0. The molecule has 0 aromatic carbocycles. The van der Waals surface area contributed by atoms with E-state index in [-0.39, 0.29) is 6.04 Å². The molecule has 0 spiro atoms. The fraction of sp³-hybridized carbons (Fsp3) is 0.556. The molecule has 0 aromatic heterocycles. The molecule has 0 bridgehead atoms. The van der Waals surface area contributed by atoms with Crippen LogP contribution in [-0.4, -0.2) is 6.04 Å². The highest BCUT2D eigenvalue weighted by molar-refractivity contribution is 5.32. The number of fused-ring (bicyclic) bond motifs is 1. The third-order valence-corrected chi connectivity index (χ3v) is 2.44. The second kappa shape index (κ2) is 1.96. The lowest BCUT2D eigenvalue weighted by molar-refractivity contribution is 0.752. The van der Waals surface area contributed by atoms with Gasteiger partial charge in [-0.25, -0.2) is 0 Å². The quantitative estimate of drug-likeness (QED) is 0.579. The van der Waals surface area contributed by atoms with Crippen molar-refractivity contribution in [1.29, 1.82) is 0 Å². The molecule has 2 N–H and O–H groups in total. The molecule has 2 unspecified atom stereocenters. The van der Waals surface area contributed by atoms with Gasteiger partial charge in [0.2, 0.25) is 0 Å². The molecule has 54 valence electrons. The molecule has 2 rings (SSSR count). The fourth-order valence-corrected chi connectivity index (χ4v) is 1.73. The van der Waals surface area contributed by atoms with Crippen molar-refractivity contribution < 1.29 is 0 Å². The van der Waals surface area contributed by atoms with Crippen molar-refractivity contribution in [2.45, 2.75) is 19.4 Å². The third-order valence-electron chi connectivity index (χ3n) is 2.44. The van der Waals surface area contributed by atoms with Crippen LogP contribution in [0.5, 0.6) is 0 Å². The Hall–Kier alpha value is -0.560. The van der Waals surface area contributed by atoms with Gasteiger partial charge in [-0.05, 0) is 25.2 Å². The van der Waals surface area contributed by atoms with Crippen LogP contribution in [0.3, 0.4) is 0 Å². The van der Waals surface area contributed by atoms with E-state index in [2.05, 4.69) is 25.2 Å². The minimum Gasteiger partial charge on any atom is -0.324 e. The minimum atomic E-state index is 0.264. The Labute approximate surface area is 61.6 Å². The first-order chi connectivity index (χ1) is 4.79. The van der Waals surface area contributed by atoms with E-state index in [1.54, 1.807) is 0 Å². The maximum Gasteiger partial charge on any atom is 0.0230 e. The molecule has 0 saturated heterocycles. The van der Waals surface area contributed by atoms with E-state index in [1.165, 1.54) is 12.0 Å².